The van der Waals surface area contributed by atoms with E-state index in [-0.39, 0.29) is 0 Å². The van der Waals surface area contributed by atoms with Gasteiger partial charge in [-0.3, -0.25) is 0 Å². The lowest BCUT2D eigenvalue weighted by atomic mass is 10.1. The van der Waals surface area contributed by atoms with Crippen LogP contribution in [0.25, 0.3) is 0 Å². The van der Waals surface area contributed by atoms with Gasteiger partial charge in [0.1, 0.15) is 0 Å². The Balaban J connectivity index is 3.25. The molecule has 0 nitrogen and oxygen atoms in total. The Hall–Kier alpha value is -0.350. The van der Waals surface area contributed by atoms with Gasteiger partial charge in [0.25, 0.3) is 0 Å². The van der Waals surface area contributed by atoms with Crippen molar-refractivity contribution in [2.75, 3.05) is 0 Å². The topological polar surface area (TPSA) is 0 Å². The minimum Gasteiger partial charge on any atom is -0.0613 e. The van der Waals surface area contributed by atoms with Gasteiger partial charge < -0.3 is 0 Å². The molecule has 0 fully saturated rings. The number of aryl methyl sites for hydroxylation is 1. The first-order valence-corrected chi connectivity index (χ1v) is 3.41. The molecule has 0 aliphatic rings. The summed E-state index contributed by atoms with van der Waals surface area (Å²) in [5, 5.41) is 1.08. The monoisotopic (exact) mass is 136 g/mol. The van der Waals surface area contributed by atoms with Crippen LogP contribution in [0.5, 0.6) is 0 Å². The van der Waals surface area contributed by atoms with E-state index in [1.54, 1.807) is 0 Å². The molecule has 0 unspecified atom stereocenters. The van der Waals surface area contributed by atoms with E-state index >= 15 is 0 Å². The molecule has 46 valence electrons. The molecule has 0 heterocycles. The van der Waals surface area contributed by atoms with Crippen LogP contribution in [-0.2, 0) is 0 Å². The molecule has 0 atom stereocenters. The van der Waals surface area contributed by atoms with Gasteiger partial charge in [0.05, 0.1) is 0 Å². The molecule has 2 radical (unpaired) electrons. The fraction of sp³-hybridized carbons (Fsp3) is 0.250. The third-order valence-electron chi connectivity index (χ3n) is 1.58. The Morgan fingerprint density at radius 3 is 2.33 bits per heavy atom. The van der Waals surface area contributed by atoms with Gasteiger partial charge in [0.15, 0.2) is 0 Å². The number of rotatable bonds is 0. The van der Waals surface area contributed by atoms with Crippen molar-refractivity contribution in [2.24, 2.45) is 0 Å². The molecule has 0 spiro atoms. The quantitative estimate of drug-likeness (QED) is 0.480. The van der Waals surface area contributed by atoms with Gasteiger partial charge in [-0.25, -0.2) is 0 Å². The molecule has 0 saturated heterocycles. The normalized spacial score (nSPS) is 9.67. The van der Waals surface area contributed by atoms with Crippen molar-refractivity contribution in [3.8, 4) is 0 Å². The summed E-state index contributed by atoms with van der Waals surface area (Å²) in [5.74, 6) is 0. The highest BCUT2D eigenvalue weighted by Crippen LogP contribution is 2.04. The lowest BCUT2D eigenvalue weighted by Gasteiger charge is -1.99. The molecular weight excluding hydrogens is 127 g/mol. The lowest BCUT2D eigenvalue weighted by molar-refractivity contribution is 1.37. The highest BCUT2D eigenvalue weighted by Gasteiger charge is 1.92. The van der Waals surface area contributed by atoms with Crippen molar-refractivity contribution in [3.63, 3.8) is 0 Å². The van der Waals surface area contributed by atoms with Gasteiger partial charge in [-0.1, -0.05) is 18.2 Å². The lowest BCUT2D eigenvalue weighted by Crippen LogP contribution is -1.97. The molecule has 1 aromatic rings. The summed E-state index contributed by atoms with van der Waals surface area (Å²) in [6.45, 7) is 4.17. The highest BCUT2D eigenvalue weighted by atomic mass is 31.0. The molecule has 0 saturated carbocycles. The molecule has 9 heavy (non-hydrogen) atoms. The van der Waals surface area contributed by atoms with Crippen molar-refractivity contribution in [3.05, 3.63) is 29.3 Å². The second-order valence-corrected chi connectivity index (χ2v) is 2.70. The third-order valence-corrected chi connectivity index (χ3v) is 2.06. The fourth-order valence-corrected chi connectivity index (χ4v) is 0.998. The zero-order chi connectivity index (χ0) is 6.85. The fourth-order valence-electron chi connectivity index (χ4n) is 0.736. The molecule has 0 aromatic heterocycles. The van der Waals surface area contributed by atoms with Gasteiger partial charge in [-0.2, -0.15) is 0 Å². The summed E-state index contributed by atoms with van der Waals surface area (Å²) < 4.78 is 0. The molecule has 1 aromatic carbocycles. The molecule has 1 heteroatoms. The van der Waals surface area contributed by atoms with Crippen LogP contribution in [0.3, 0.4) is 0 Å². The van der Waals surface area contributed by atoms with Crippen molar-refractivity contribution in [1.82, 2.24) is 0 Å². The van der Waals surface area contributed by atoms with Crippen LogP contribution in [0.1, 0.15) is 11.1 Å². The Morgan fingerprint density at radius 1 is 1.22 bits per heavy atom. The predicted octanol–water partition coefficient (Wildman–Crippen LogP) is 2.34. The van der Waals surface area contributed by atoms with E-state index in [4.69, 9.17) is 0 Å². The van der Waals surface area contributed by atoms with Crippen LogP contribution in [0.15, 0.2) is 18.2 Å². The van der Waals surface area contributed by atoms with E-state index in [1.807, 2.05) is 12.1 Å². The first-order chi connectivity index (χ1) is 4.22. The minimum atomic E-state index is 1.08. The maximum absolute atomic E-state index is 4.27. The highest BCUT2D eigenvalue weighted by molar-refractivity contribution is 7.27. The SMILES string of the molecule is Cc1cccc([P])c1C. The first kappa shape index (κ1) is 6.77. The van der Waals surface area contributed by atoms with Gasteiger partial charge in [-0.15, -0.1) is 0 Å². The maximum Gasteiger partial charge on any atom is -0.00533 e. The Labute approximate surface area is 58.5 Å². The summed E-state index contributed by atoms with van der Waals surface area (Å²) in [4.78, 5) is 0. The van der Waals surface area contributed by atoms with E-state index < -0.39 is 0 Å². The molecule has 0 aliphatic carbocycles. The third kappa shape index (κ3) is 1.31. The van der Waals surface area contributed by atoms with Crippen molar-refractivity contribution in [2.45, 2.75) is 13.8 Å². The molecule has 0 aliphatic heterocycles. The van der Waals surface area contributed by atoms with Crippen LogP contribution >= 0.6 is 9.24 Å². The number of hydrogen-bond acceptors (Lipinski definition) is 0. The number of hydrogen-bond donors (Lipinski definition) is 0. The van der Waals surface area contributed by atoms with Crippen LogP contribution in [0.2, 0.25) is 0 Å². The summed E-state index contributed by atoms with van der Waals surface area (Å²) in [6, 6.07) is 6.12. The Morgan fingerprint density at radius 2 is 1.89 bits per heavy atom. The van der Waals surface area contributed by atoms with Crippen molar-refractivity contribution < 1.29 is 0 Å². The van der Waals surface area contributed by atoms with Crippen LogP contribution in [0, 0.1) is 13.8 Å². The standard InChI is InChI=1S/C8H9P/c1-6-4-3-5-8(9)7(6)2/h3-5H,1-2H3. The zero-order valence-corrected chi connectivity index (χ0v) is 6.57. The molecule has 1 rings (SSSR count). The Bertz CT molecular complexity index is 196. The number of benzene rings is 1. The summed E-state index contributed by atoms with van der Waals surface area (Å²) in [7, 11) is 4.27. The first-order valence-electron chi connectivity index (χ1n) is 2.97. The molecule has 0 bridgehead atoms. The van der Waals surface area contributed by atoms with E-state index in [9.17, 15) is 0 Å². The van der Waals surface area contributed by atoms with Gasteiger partial charge in [0, 0.05) is 0 Å². The zero-order valence-electron chi connectivity index (χ0n) is 5.68. The average molecular weight is 136 g/mol. The van der Waals surface area contributed by atoms with Gasteiger partial charge in [0.2, 0.25) is 0 Å². The summed E-state index contributed by atoms with van der Waals surface area (Å²) in [5.41, 5.74) is 2.59. The van der Waals surface area contributed by atoms with Crippen LogP contribution in [0.4, 0.5) is 0 Å². The van der Waals surface area contributed by atoms with Gasteiger partial charge in [-0.05, 0) is 39.5 Å². The second-order valence-electron chi connectivity index (χ2n) is 2.22. The second kappa shape index (κ2) is 2.49. The largest absolute Gasteiger partial charge is 0.0613 e. The van der Waals surface area contributed by atoms with Crippen molar-refractivity contribution in [1.29, 1.82) is 0 Å². The van der Waals surface area contributed by atoms with E-state index in [1.165, 1.54) is 11.1 Å². The smallest absolute Gasteiger partial charge is 0.00533 e. The molecule has 0 amide bonds. The summed E-state index contributed by atoms with van der Waals surface area (Å²) >= 11 is 0. The summed E-state index contributed by atoms with van der Waals surface area (Å²) in [6.07, 6.45) is 0. The van der Waals surface area contributed by atoms with Gasteiger partial charge >= 0.3 is 0 Å². The van der Waals surface area contributed by atoms with Crippen LogP contribution in [-0.4, -0.2) is 0 Å². The van der Waals surface area contributed by atoms with Crippen LogP contribution < -0.4 is 5.30 Å². The average Bonchev–Trinajstić information content (AvgIpc) is 1.83. The molecule has 0 N–H and O–H groups in total. The van der Waals surface area contributed by atoms with E-state index in [0.29, 0.717) is 0 Å². The van der Waals surface area contributed by atoms with E-state index in [2.05, 4.69) is 29.2 Å². The predicted molar refractivity (Wildman–Crippen MR) is 42.5 cm³/mol. The molecular formula is C8H9P. The van der Waals surface area contributed by atoms with E-state index in [0.717, 1.165) is 5.30 Å². The van der Waals surface area contributed by atoms with Crippen molar-refractivity contribution >= 4 is 14.5 Å². The maximum atomic E-state index is 4.27. The minimum absolute atomic E-state index is 1.08. The Kier molecular flexibility index (Phi) is 1.87.